The molecule has 0 aromatic rings. The minimum Gasteiger partial charge on any atom is -0.483 e. The van der Waals surface area contributed by atoms with Gasteiger partial charge in [0.25, 0.3) is 0 Å². The van der Waals surface area contributed by atoms with Gasteiger partial charge in [0.05, 0.1) is 7.11 Å². The van der Waals surface area contributed by atoms with E-state index >= 15 is 0 Å². The van der Waals surface area contributed by atoms with Gasteiger partial charge in [-0.15, -0.1) is 0 Å². The standard InChI is InChI=1S/C8H12N2O/c1-6-4-5-9-8(11-3)7(2)10-6/h4-5,7H,1-3H3. The average Bonchev–Trinajstić information content (AvgIpc) is 2.11. The van der Waals surface area contributed by atoms with Crippen LogP contribution >= 0.6 is 0 Å². The molecule has 60 valence electrons. The maximum Gasteiger partial charge on any atom is 0.212 e. The molecule has 0 bridgehead atoms. The Balaban J connectivity index is 2.85. The number of rotatable bonds is 0. The van der Waals surface area contributed by atoms with Crippen molar-refractivity contribution in [1.29, 1.82) is 0 Å². The fourth-order valence-electron chi connectivity index (χ4n) is 0.953. The van der Waals surface area contributed by atoms with E-state index in [9.17, 15) is 0 Å². The van der Waals surface area contributed by atoms with Crippen molar-refractivity contribution in [3.63, 3.8) is 0 Å². The third kappa shape index (κ3) is 1.90. The van der Waals surface area contributed by atoms with Crippen LogP contribution in [-0.4, -0.2) is 24.8 Å². The molecule has 0 amide bonds. The van der Waals surface area contributed by atoms with E-state index in [1.807, 2.05) is 19.9 Å². The van der Waals surface area contributed by atoms with Crippen LogP contribution in [0.1, 0.15) is 13.8 Å². The lowest BCUT2D eigenvalue weighted by Crippen LogP contribution is -2.16. The molecule has 0 spiro atoms. The normalized spacial score (nSPS) is 23.7. The number of hydrogen-bond acceptors (Lipinski definition) is 3. The molecular formula is C8H12N2O. The van der Waals surface area contributed by atoms with Crippen molar-refractivity contribution in [3.05, 3.63) is 12.3 Å². The summed E-state index contributed by atoms with van der Waals surface area (Å²) < 4.78 is 5.02. The summed E-state index contributed by atoms with van der Waals surface area (Å²) in [5.74, 6) is 0.665. The second kappa shape index (κ2) is 3.32. The van der Waals surface area contributed by atoms with E-state index in [0.29, 0.717) is 5.90 Å². The first kappa shape index (κ1) is 7.98. The summed E-state index contributed by atoms with van der Waals surface area (Å²) >= 11 is 0. The Morgan fingerprint density at radius 3 is 2.91 bits per heavy atom. The van der Waals surface area contributed by atoms with E-state index in [1.54, 1.807) is 13.3 Å². The van der Waals surface area contributed by atoms with Crippen molar-refractivity contribution < 1.29 is 4.74 Å². The zero-order chi connectivity index (χ0) is 8.27. The number of nitrogens with zero attached hydrogens (tertiary/aromatic N) is 2. The minimum atomic E-state index is 0.0370. The second-order valence-electron chi connectivity index (χ2n) is 2.43. The smallest absolute Gasteiger partial charge is 0.212 e. The molecule has 1 rings (SSSR count). The Labute approximate surface area is 66.5 Å². The van der Waals surface area contributed by atoms with Crippen molar-refractivity contribution in [2.75, 3.05) is 7.11 Å². The largest absolute Gasteiger partial charge is 0.483 e. The fourth-order valence-corrected chi connectivity index (χ4v) is 0.953. The predicted molar refractivity (Wildman–Crippen MR) is 46.2 cm³/mol. The molecule has 0 fully saturated rings. The minimum absolute atomic E-state index is 0.0370. The lowest BCUT2D eigenvalue weighted by molar-refractivity contribution is 0.385. The third-order valence-corrected chi connectivity index (χ3v) is 1.48. The number of ether oxygens (including phenoxy) is 1. The van der Waals surface area contributed by atoms with Crippen LogP contribution in [-0.2, 0) is 4.74 Å². The summed E-state index contributed by atoms with van der Waals surface area (Å²) in [6.45, 7) is 3.90. The molecule has 0 saturated carbocycles. The summed E-state index contributed by atoms with van der Waals surface area (Å²) in [4.78, 5) is 8.38. The van der Waals surface area contributed by atoms with Crippen LogP contribution in [0.3, 0.4) is 0 Å². The van der Waals surface area contributed by atoms with Gasteiger partial charge in [0.1, 0.15) is 6.04 Å². The molecule has 3 heteroatoms. The number of allylic oxidation sites excluding steroid dienone is 1. The lowest BCUT2D eigenvalue weighted by Gasteiger charge is -2.06. The first-order valence-electron chi connectivity index (χ1n) is 3.56. The highest BCUT2D eigenvalue weighted by Gasteiger charge is 2.09. The highest BCUT2D eigenvalue weighted by atomic mass is 16.5. The lowest BCUT2D eigenvalue weighted by atomic mass is 10.3. The molecule has 1 unspecified atom stereocenters. The van der Waals surface area contributed by atoms with Gasteiger partial charge >= 0.3 is 0 Å². The van der Waals surface area contributed by atoms with Crippen LogP contribution in [0.4, 0.5) is 0 Å². The molecule has 0 aliphatic carbocycles. The quantitative estimate of drug-likeness (QED) is 0.516. The zero-order valence-corrected chi connectivity index (χ0v) is 7.03. The van der Waals surface area contributed by atoms with E-state index in [4.69, 9.17) is 4.74 Å². The summed E-state index contributed by atoms with van der Waals surface area (Å²) in [6.07, 6.45) is 3.57. The fraction of sp³-hybridized carbons (Fsp3) is 0.500. The van der Waals surface area contributed by atoms with Crippen molar-refractivity contribution in [2.45, 2.75) is 19.9 Å². The van der Waals surface area contributed by atoms with Crippen molar-refractivity contribution >= 4 is 11.6 Å². The first-order chi connectivity index (χ1) is 5.24. The molecule has 1 aliphatic rings. The van der Waals surface area contributed by atoms with Gasteiger partial charge in [0, 0.05) is 11.9 Å². The van der Waals surface area contributed by atoms with Crippen LogP contribution < -0.4 is 0 Å². The van der Waals surface area contributed by atoms with Gasteiger partial charge in [-0.2, -0.15) is 0 Å². The van der Waals surface area contributed by atoms with Gasteiger partial charge in [0.15, 0.2) is 0 Å². The third-order valence-electron chi connectivity index (χ3n) is 1.48. The number of hydrogen-bond donors (Lipinski definition) is 0. The van der Waals surface area contributed by atoms with Crippen LogP contribution in [0.25, 0.3) is 0 Å². The second-order valence-corrected chi connectivity index (χ2v) is 2.43. The molecule has 1 heterocycles. The van der Waals surface area contributed by atoms with Crippen LogP contribution in [0.15, 0.2) is 22.3 Å². The van der Waals surface area contributed by atoms with Gasteiger partial charge in [0.2, 0.25) is 5.90 Å². The van der Waals surface area contributed by atoms with Gasteiger partial charge in [-0.3, -0.25) is 4.99 Å². The molecule has 1 atom stereocenters. The molecule has 0 aromatic carbocycles. The molecular weight excluding hydrogens is 140 g/mol. The molecule has 0 saturated heterocycles. The van der Waals surface area contributed by atoms with E-state index in [0.717, 1.165) is 5.71 Å². The van der Waals surface area contributed by atoms with Gasteiger partial charge < -0.3 is 4.74 Å². The van der Waals surface area contributed by atoms with Crippen LogP contribution in [0, 0.1) is 0 Å². The van der Waals surface area contributed by atoms with Crippen LogP contribution in [0.2, 0.25) is 0 Å². The van der Waals surface area contributed by atoms with E-state index in [2.05, 4.69) is 9.98 Å². The van der Waals surface area contributed by atoms with E-state index < -0.39 is 0 Å². The molecule has 0 N–H and O–H groups in total. The Morgan fingerprint density at radius 2 is 2.27 bits per heavy atom. The average molecular weight is 152 g/mol. The molecule has 0 aromatic heterocycles. The number of aliphatic imine (C=N–C) groups is 2. The van der Waals surface area contributed by atoms with Crippen LogP contribution in [0.5, 0.6) is 0 Å². The monoisotopic (exact) mass is 152 g/mol. The summed E-state index contributed by atoms with van der Waals surface area (Å²) in [5.41, 5.74) is 0.980. The van der Waals surface area contributed by atoms with E-state index in [-0.39, 0.29) is 6.04 Å². The van der Waals surface area contributed by atoms with Crippen molar-refractivity contribution in [2.24, 2.45) is 9.98 Å². The van der Waals surface area contributed by atoms with Gasteiger partial charge in [-0.1, -0.05) is 0 Å². The molecule has 11 heavy (non-hydrogen) atoms. The van der Waals surface area contributed by atoms with E-state index in [1.165, 1.54) is 0 Å². The number of methoxy groups -OCH3 is 1. The maximum atomic E-state index is 5.02. The molecule has 3 nitrogen and oxygen atoms in total. The SMILES string of the molecule is COC1=NC=CC(C)=NC1C. The Kier molecular flexibility index (Phi) is 2.41. The van der Waals surface area contributed by atoms with Crippen molar-refractivity contribution in [3.8, 4) is 0 Å². The maximum absolute atomic E-state index is 5.02. The summed E-state index contributed by atoms with van der Waals surface area (Å²) in [5, 5.41) is 0. The zero-order valence-electron chi connectivity index (χ0n) is 7.03. The Morgan fingerprint density at radius 1 is 1.55 bits per heavy atom. The highest BCUT2D eigenvalue weighted by molar-refractivity contribution is 5.96. The van der Waals surface area contributed by atoms with Gasteiger partial charge in [-0.25, -0.2) is 4.99 Å². The van der Waals surface area contributed by atoms with Gasteiger partial charge in [-0.05, 0) is 19.9 Å². The van der Waals surface area contributed by atoms with Crippen molar-refractivity contribution in [1.82, 2.24) is 0 Å². The summed E-state index contributed by atoms with van der Waals surface area (Å²) in [7, 11) is 1.61. The Bertz CT molecular complexity index is 228. The first-order valence-corrected chi connectivity index (χ1v) is 3.56. The molecule has 0 radical (unpaired) electrons. The summed E-state index contributed by atoms with van der Waals surface area (Å²) in [6, 6.07) is 0.0370. The molecule has 1 aliphatic heterocycles. The Hall–Kier alpha value is -1.12. The predicted octanol–water partition coefficient (Wildman–Crippen LogP) is 1.41. The topological polar surface area (TPSA) is 34.0 Å². The highest BCUT2D eigenvalue weighted by Crippen LogP contribution is 2.01.